The third-order valence-corrected chi connectivity index (χ3v) is 5.51. The van der Waals surface area contributed by atoms with Crippen molar-refractivity contribution in [1.82, 2.24) is 19.3 Å². The summed E-state index contributed by atoms with van der Waals surface area (Å²) in [5.74, 6) is 1.26. The minimum Gasteiger partial charge on any atom is -0.348 e. The molecule has 1 fully saturated rings. The van der Waals surface area contributed by atoms with E-state index >= 15 is 0 Å². The Balaban J connectivity index is 1.72. The Bertz CT molecular complexity index is 647. The molecule has 106 valence electrons. The lowest BCUT2D eigenvalue weighted by Gasteiger charge is -2.30. The topological polar surface area (TPSA) is 79.0 Å². The third-order valence-electron chi connectivity index (χ3n) is 3.63. The van der Waals surface area contributed by atoms with E-state index in [0.717, 1.165) is 18.7 Å². The van der Waals surface area contributed by atoms with E-state index < -0.39 is 10.0 Å². The van der Waals surface area contributed by atoms with Crippen LogP contribution in [0, 0.1) is 0 Å². The molecule has 0 radical (unpaired) electrons. The zero-order valence-electron chi connectivity index (χ0n) is 10.9. The summed E-state index contributed by atoms with van der Waals surface area (Å²) in [6.07, 6.45) is 8.07. The van der Waals surface area contributed by atoms with Crippen molar-refractivity contribution in [2.24, 2.45) is 0 Å². The van der Waals surface area contributed by atoms with Gasteiger partial charge in [0, 0.05) is 43.8 Å². The average molecular weight is 292 g/mol. The van der Waals surface area contributed by atoms with Crippen LogP contribution in [0.2, 0.25) is 0 Å². The van der Waals surface area contributed by atoms with Crippen LogP contribution in [-0.2, 0) is 10.0 Å². The molecule has 0 aromatic carbocycles. The van der Waals surface area contributed by atoms with Gasteiger partial charge in [-0.05, 0) is 25.0 Å². The smallest absolute Gasteiger partial charge is 0.244 e. The van der Waals surface area contributed by atoms with Gasteiger partial charge in [-0.15, -0.1) is 0 Å². The van der Waals surface area contributed by atoms with E-state index in [-0.39, 0.29) is 4.90 Å². The molecule has 20 heavy (non-hydrogen) atoms. The molecular weight excluding hydrogens is 276 g/mol. The van der Waals surface area contributed by atoms with E-state index in [9.17, 15) is 8.42 Å². The van der Waals surface area contributed by atoms with Crippen LogP contribution in [0.3, 0.4) is 0 Å². The van der Waals surface area contributed by atoms with Crippen molar-refractivity contribution in [2.45, 2.75) is 23.7 Å². The van der Waals surface area contributed by atoms with Crippen LogP contribution in [0.15, 0.2) is 41.8 Å². The monoisotopic (exact) mass is 292 g/mol. The number of pyridine rings is 1. The predicted octanol–water partition coefficient (Wildman–Crippen LogP) is 1.37. The van der Waals surface area contributed by atoms with E-state index in [1.165, 1.54) is 10.5 Å². The molecule has 6 nitrogen and oxygen atoms in total. The Labute approximate surface area is 117 Å². The molecule has 1 aliphatic heterocycles. The Hall–Kier alpha value is -1.73. The van der Waals surface area contributed by atoms with Crippen molar-refractivity contribution in [3.05, 3.63) is 42.7 Å². The summed E-state index contributed by atoms with van der Waals surface area (Å²) in [4.78, 5) is 11.5. The van der Waals surface area contributed by atoms with Crippen molar-refractivity contribution in [3.8, 4) is 0 Å². The lowest BCUT2D eigenvalue weighted by Crippen LogP contribution is -2.38. The second kappa shape index (κ2) is 5.34. The number of sulfonamides is 1. The third kappa shape index (κ3) is 2.46. The number of hydrogen-bond acceptors (Lipinski definition) is 4. The Kier molecular flexibility index (Phi) is 3.54. The normalized spacial score (nSPS) is 18.2. The van der Waals surface area contributed by atoms with E-state index in [0.29, 0.717) is 19.0 Å². The van der Waals surface area contributed by atoms with Crippen LogP contribution in [0.1, 0.15) is 24.6 Å². The summed E-state index contributed by atoms with van der Waals surface area (Å²) >= 11 is 0. The summed E-state index contributed by atoms with van der Waals surface area (Å²) in [5, 5.41) is 0. The maximum absolute atomic E-state index is 12.4. The molecule has 3 heterocycles. The van der Waals surface area contributed by atoms with Crippen molar-refractivity contribution < 1.29 is 8.42 Å². The lowest BCUT2D eigenvalue weighted by atomic mass is 9.98. The molecule has 1 aliphatic rings. The van der Waals surface area contributed by atoms with Crippen LogP contribution in [0.5, 0.6) is 0 Å². The number of piperidine rings is 1. The summed E-state index contributed by atoms with van der Waals surface area (Å²) < 4.78 is 26.4. The van der Waals surface area contributed by atoms with E-state index in [1.54, 1.807) is 30.7 Å². The molecule has 7 heteroatoms. The molecule has 0 spiro atoms. The first-order chi connectivity index (χ1) is 9.68. The van der Waals surface area contributed by atoms with Gasteiger partial charge in [-0.1, -0.05) is 0 Å². The number of aromatic amines is 1. The van der Waals surface area contributed by atoms with Gasteiger partial charge in [-0.3, -0.25) is 4.98 Å². The molecule has 0 aliphatic carbocycles. The van der Waals surface area contributed by atoms with Crippen LogP contribution in [0.25, 0.3) is 0 Å². The highest BCUT2D eigenvalue weighted by Gasteiger charge is 2.30. The lowest BCUT2D eigenvalue weighted by molar-refractivity contribution is 0.314. The number of nitrogens with zero attached hydrogens (tertiary/aromatic N) is 3. The van der Waals surface area contributed by atoms with Gasteiger partial charge in [0.25, 0.3) is 0 Å². The number of H-pyrrole nitrogens is 1. The fraction of sp³-hybridized carbons (Fsp3) is 0.385. The van der Waals surface area contributed by atoms with Crippen LogP contribution >= 0.6 is 0 Å². The molecule has 1 N–H and O–H groups in total. The standard InChI is InChI=1S/C13H16N4O2S/c18-20(19,12-2-1-5-14-10-12)17-8-3-11(4-9-17)13-15-6-7-16-13/h1-2,5-7,10-11H,3-4,8-9H2,(H,15,16). The van der Waals surface area contributed by atoms with Gasteiger partial charge < -0.3 is 4.98 Å². The van der Waals surface area contributed by atoms with Gasteiger partial charge in [-0.25, -0.2) is 13.4 Å². The minimum atomic E-state index is -3.41. The zero-order chi connectivity index (χ0) is 14.0. The molecule has 2 aromatic rings. The maximum Gasteiger partial charge on any atom is 0.244 e. The molecular formula is C13H16N4O2S. The molecule has 2 aromatic heterocycles. The summed E-state index contributed by atoms with van der Waals surface area (Å²) in [6, 6.07) is 3.23. The van der Waals surface area contributed by atoms with E-state index in [2.05, 4.69) is 15.0 Å². The van der Waals surface area contributed by atoms with Crippen molar-refractivity contribution in [3.63, 3.8) is 0 Å². The maximum atomic E-state index is 12.4. The molecule has 0 saturated carbocycles. The summed E-state index contributed by atoms with van der Waals surface area (Å²) in [6.45, 7) is 1.03. The van der Waals surface area contributed by atoms with Gasteiger partial charge in [-0.2, -0.15) is 4.31 Å². The summed E-state index contributed by atoms with van der Waals surface area (Å²) in [5.41, 5.74) is 0. The quantitative estimate of drug-likeness (QED) is 0.926. The molecule has 0 bridgehead atoms. The molecule has 0 unspecified atom stereocenters. The van der Waals surface area contributed by atoms with E-state index in [4.69, 9.17) is 0 Å². The zero-order valence-corrected chi connectivity index (χ0v) is 11.8. The second-order valence-corrected chi connectivity index (χ2v) is 6.78. The van der Waals surface area contributed by atoms with Crippen LogP contribution in [0.4, 0.5) is 0 Å². The van der Waals surface area contributed by atoms with Gasteiger partial charge in [0.1, 0.15) is 10.7 Å². The minimum absolute atomic E-state index is 0.261. The first kappa shape index (κ1) is 13.3. The number of aromatic nitrogens is 3. The van der Waals surface area contributed by atoms with E-state index in [1.807, 2.05) is 0 Å². The van der Waals surface area contributed by atoms with Gasteiger partial charge in [0.2, 0.25) is 10.0 Å². The Morgan fingerprint density at radius 3 is 2.65 bits per heavy atom. The van der Waals surface area contributed by atoms with Crippen LogP contribution < -0.4 is 0 Å². The number of hydrogen-bond donors (Lipinski definition) is 1. The largest absolute Gasteiger partial charge is 0.348 e. The fourth-order valence-electron chi connectivity index (χ4n) is 2.52. The Morgan fingerprint density at radius 1 is 1.25 bits per heavy atom. The SMILES string of the molecule is O=S(=O)(c1cccnc1)N1CCC(c2ncc[nH]2)CC1. The highest BCUT2D eigenvalue weighted by atomic mass is 32.2. The van der Waals surface area contributed by atoms with Gasteiger partial charge in [0.15, 0.2) is 0 Å². The van der Waals surface area contributed by atoms with Crippen molar-refractivity contribution in [1.29, 1.82) is 0 Å². The summed E-state index contributed by atoms with van der Waals surface area (Å²) in [7, 11) is -3.41. The Morgan fingerprint density at radius 2 is 2.05 bits per heavy atom. The number of imidazole rings is 1. The predicted molar refractivity (Wildman–Crippen MR) is 73.6 cm³/mol. The first-order valence-corrected chi connectivity index (χ1v) is 8.01. The molecule has 0 atom stereocenters. The molecule has 0 amide bonds. The number of nitrogens with one attached hydrogen (secondary N) is 1. The average Bonchev–Trinajstić information content (AvgIpc) is 3.02. The van der Waals surface area contributed by atoms with Crippen molar-refractivity contribution in [2.75, 3.05) is 13.1 Å². The molecule has 1 saturated heterocycles. The first-order valence-electron chi connectivity index (χ1n) is 6.57. The highest BCUT2D eigenvalue weighted by Crippen LogP contribution is 2.28. The van der Waals surface area contributed by atoms with Crippen molar-refractivity contribution >= 4 is 10.0 Å². The molecule has 3 rings (SSSR count). The number of rotatable bonds is 3. The fourth-order valence-corrected chi connectivity index (χ4v) is 3.95. The van der Waals surface area contributed by atoms with Gasteiger partial charge >= 0.3 is 0 Å². The highest BCUT2D eigenvalue weighted by molar-refractivity contribution is 7.89. The van der Waals surface area contributed by atoms with Gasteiger partial charge in [0.05, 0.1) is 0 Å². The van der Waals surface area contributed by atoms with Crippen LogP contribution in [-0.4, -0.2) is 40.8 Å². The second-order valence-electron chi connectivity index (χ2n) is 4.84.